The van der Waals surface area contributed by atoms with Crippen LogP contribution in [0.4, 0.5) is 5.69 Å². The Morgan fingerprint density at radius 3 is 2.76 bits per heavy atom. The number of thioether (sulfide) groups is 1. The fourth-order valence-corrected chi connectivity index (χ4v) is 3.70. The SMILES string of the molecule is CCSc1cccc(N(CC(=O)O)C2CCCC2)c1C#N. The number of benzene rings is 1. The van der Waals surface area contributed by atoms with Crippen molar-refractivity contribution in [3.05, 3.63) is 23.8 Å². The largest absolute Gasteiger partial charge is 0.480 e. The van der Waals surface area contributed by atoms with Gasteiger partial charge in [-0.15, -0.1) is 11.8 Å². The van der Waals surface area contributed by atoms with Gasteiger partial charge >= 0.3 is 5.97 Å². The second-order valence-electron chi connectivity index (χ2n) is 5.16. The molecule has 0 amide bonds. The molecule has 1 aromatic rings. The van der Waals surface area contributed by atoms with Crippen molar-refractivity contribution in [1.82, 2.24) is 0 Å². The van der Waals surface area contributed by atoms with Crippen molar-refractivity contribution in [2.75, 3.05) is 17.2 Å². The number of nitriles is 1. The third-order valence-corrected chi connectivity index (χ3v) is 4.74. The summed E-state index contributed by atoms with van der Waals surface area (Å²) in [5.74, 6) is 0.0415. The molecule has 0 unspecified atom stereocenters. The molecule has 0 saturated heterocycles. The number of carbonyl (C=O) groups is 1. The van der Waals surface area contributed by atoms with E-state index >= 15 is 0 Å². The van der Waals surface area contributed by atoms with Crippen molar-refractivity contribution in [2.45, 2.75) is 43.5 Å². The van der Waals surface area contributed by atoms with E-state index in [9.17, 15) is 15.2 Å². The fourth-order valence-electron chi connectivity index (χ4n) is 2.92. The van der Waals surface area contributed by atoms with Crippen LogP contribution in [-0.2, 0) is 4.79 Å². The van der Waals surface area contributed by atoms with E-state index < -0.39 is 5.97 Å². The van der Waals surface area contributed by atoms with Crippen molar-refractivity contribution in [3.63, 3.8) is 0 Å². The molecular formula is C16H20N2O2S. The number of anilines is 1. The van der Waals surface area contributed by atoms with E-state index in [-0.39, 0.29) is 12.6 Å². The third-order valence-electron chi connectivity index (χ3n) is 3.80. The summed E-state index contributed by atoms with van der Waals surface area (Å²) in [6.07, 6.45) is 4.27. The maximum absolute atomic E-state index is 11.2. The number of carboxylic acids is 1. The van der Waals surface area contributed by atoms with Crippen molar-refractivity contribution >= 4 is 23.4 Å². The highest BCUT2D eigenvalue weighted by molar-refractivity contribution is 7.99. The van der Waals surface area contributed by atoms with Crippen LogP contribution in [0.25, 0.3) is 0 Å². The van der Waals surface area contributed by atoms with Gasteiger partial charge in [-0.3, -0.25) is 4.79 Å². The summed E-state index contributed by atoms with van der Waals surface area (Å²) < 4.78 is 0. The topological polar surface area (TPSA) is 64.3 Å². The van der Waals surface area contributed by atoms with Gasteiger partial charge in [0.1, 0.15) is 12.6 Å². The highest BCUT2D eigenvalue weighted by atomic mass is 32.2. The maximum Gasteiger partial charge on any atom is 0.323 e. The zero-order valence-electron chi connectivity index (χ0n) is 12.2. The molecule has 0 bridgehead atoms. The first-order valence-corrected chi connectivity index (χ1v) is 8.30. The standard InChI is InChI=1S/C16H20N2O2S/c1-2-21-15-9-5-8-14(13(15)10-17)18(11-16(19)20)12-6-3-4-7-12/h5,8-9,12H,2-4,6-7,11H2,1H3,(H,19,20). The van der Waals surface area contributed by atoms with E-state index in [0.29, 0.717) is 5.56 Å². The average Bonchev–Trinajstić information content (AvgIpc) is 2.98. The van der Waals surface area contributed by atoms with E-state index in [0.717, 1.165) is 42.0 Å². The molecular weight excluding hydrogens is 284 g/mol. The lowest BCUT2D eigenvalue weighted by Gasteiger charge is -2.30. The molecule has 112 valence electrons. The third kappa shape index (κ3) is 3.70. The minimum absolute atomic E-state index is 0.0421. The summed E-state index contributed by atoms with van der Waals surface area (Å²) in [4.78, 5) is 14.1. The van der Waals surface area contributed by atoms with E-state index in [1.54, 1.807) is 11.8 Å². The van der Waals surface area contributed by atoms with Gasteiger partial charge < -0.3 is 10.0 Å². The first-order valence-electron chi connectivity index (χ1n) is 7.31. The normalized spacial score (nSPS) is 14.9. The van der Waals surface area contributed by atoms with Crippen LogP contribution in [-0.4, -0.2) is 29.4 Å². The predicted molar refractivity (Wildman–Crippen MR) is 84.8 cm³/mol. The molecule has 21 heavy (non-hydrogen) atoms. The highest BCUT2D eigenvalue weighted by Gasteiger charge is 2.27. The van der Waals surface area contributed by atoms with Crippen LogP contribution in [0, 0.1) is 11.3 Å². The molecule has 1 aliphatic carbocycles. The molecule has 1 N–H and O–H groups in total. The Labute approximate surface area is 129 Å². The van der Waals surface area contributed by atoms with Crippen LogP contribution in [0.1, 0.15) is 38.2 Å². The molecule has 0 spiro atoms. The Kier molecular flexibility index (Phi) is 5.51. The first kappa shape index (κ1) is 15.7. The van der Waals surface area contributed by atoms with Gasteiger partial charge in [0.25, 0.3) is 0 Å². The fraction of sp³-hybridized carbons (Fsp3) is 0.500. The number of nitrogens with zero attached hydrogens (tertiary/aromatic N) is 2. The number of hydrogen-bond donors (Lipinski definition) is 1. The summed E-state index contributed by atoms with van der Waals surface area (Å²) in [5.41, 5.74) is 1.38. The van der Waals surface area contributed by atoms with Crippen molar-refractivity contribution in [3.8, 4) is 6.07 Å². The van der Waals surface area contributed by atoms with Gasteiger partial charge in [-0.25, -0.2) is 0 Å². The number of carboxylic acid groups (broad SMARTS) is 1. The average molecular weight is 304 g/mol. The molecule has 0 radical (unpaired) electrons. The number of hydrogen-bond acceptors (Lipinski definition) is 4. The minimum Gasteiger partial charge on any atom is -0.480 e. The molecule has 0 aromatic heterocycles. The number of aliphatic carboxylic acids is 1. The zero-order valence-corrected chi connectivity index (χ0v) is 13.0. The van der Waals surface area contributed by atoms with Crippen LogP contribution in [0.5, 0.6) is 0 Å². The van der Waals surface area contributed by atoms with E-state index in [4.69, 9.17) is 0 Å². The van der Waals surface area contributed by atoms with Crippen LogP contribution >= 0.6 is 11.8 Å². The van der Waals surface area contributed by atoms with E-state index in [1.807, 2.05) is 30.0 Å². The highest BCUT2D eigenvalue weighted by Crippen LogP contribution is 2.34. The molecule has 1 aliphatic rings. The molecule has 1 fully saturated rings. The second-order valence-corrected chi connectivity index (χ2v) is 6.46. The van der Waals surface area contributed by atoms with E-state index in [2.05, 4.69) is 6.07 Å². The lowest BCUT2D eigenvalue weighted by Crippen LogP contribution is -2.38. The quantitative estimate of drug-likeness (QED) is 0.815. The lowest BCUT2D eigenvalue weighted by molar-refractivity contribution is -0.135. The Morgan fingerprint density at radius 1 is 1.48 bits per heavy atom. The Hall–Kier alpha value is -1.67. The molecule has 4 nitrogen and oxygen atoms in total. The van der Waals surface area contributed by atoms with Crippen LogP contribution in [0.2, 0.25) is 0 Å². The van der Waals surface area contributed by atoms with Crippen LogP contribution in [0.15, 0.2) is 23.1 Å². The number of rotatable bonds is 6. The minimum atomic E-state index is -0.848. The summed E-state index contributed by atoms with van der Waals surface area (Å²) in [7, 11) is 0. The molecule has 1 aromatic carbocycles. The van der Waals surface area contributed by atoms with Crippen molar-refractivity contribution in [2.24, 2.45) is 0 Å². The zero-order chi connectivity index (χ0) is 15.2. The predicted octanol–water partition coefficient (Wildman–Crippen LogP) is 3.50. The summed E-state index contributed by atoms with van der Waals surface area (Å²) in [5, 5.41) is 18.7. The monoisotopic (exact) mass is 304 g/mol. The Bertz CT molecular complexity index is 548. The molecule has 2 rings (SSSR count). The molecule has 0 heterocycles. The van der Waals surface area contributed by atoms with Gasteiger partial charge in [0.15, 0.2) is 0 Å². The maximum atomic E-state index is 11.2. The van der Waals surface area contributed by atoms with Gasteiger partial charge in [0.2, 0.25) is 0 Å². The van der Waals surface area contributed by atoms with Crippen molar-refractivity contribution in [1.29, 1.82) is 5.26 Å². The smallest absolute Gasteiger partial charge is 0.323 e. The molecule has 0 aliphatic heterocycles. The molecule has 5 heteroatoms. The Balaban J connectivity index is 2.41. The lowest BCUT2D eigenvalue weighted by atomic mass is 10.1. The van der Waals surface area contributed by atoms with E-state index in [1.165, 1.54) is 0 Å². The Morgan fingerprint density at radius 2 is 2.19 bits per heavy atom. The van der Waals surface area contributed by atoms with Crippen LogP contribution in [0.3, 0.4) is 0 Å². The summed E-state index contributed by atoms with van der Waals surface area (Å²) >= 11 is 1.62. The van der Waals surface area contributed by atoms with Gasteiger partial charge in [-0.1, -0.05) is 25.8 Å². The second kappa shape index (κ2) is 7.37. The molecule has 0 atom stereocenters. The van der Waals surface area contributed by atoms with Crippen LogP contribution < -0.4 is 4.90 Å². The summed E-state index contributed by atoms with van der Waals surface area (Å²) in [6, 6.07) is 8.23. The van der Waals surface area contributed by atoms with Gasteiger partial charge in [-0.2, -0.15) is 5.26 Å². The summed E-state index contributed by atoms with van der Waals surface area (Å²) in [6.45, 7) is 2.00. The van der Waals surface area contributed by atoms with Gasteiger partial charge in [-0.05, 0) is 30.7 Å². The van der Waals surface area contributed by atoms with Gasteiger partial charge in [0, 0.05) is 10.9 Å². The molecule has 1 saturated carbocycles. The van der Waals surface area contributed by atoms with Crippen molar-refractivity contribution < 1.29 is 9.90 Å². The van der Waals surface area contributed by atoms with Gasteiger partial charge in [0.05, 0.1) is 11.3 Å². The first-order chi connectivity index (χ1) is 10.2.